The van der Waals surface area contributed by atoms with E-state index in [2.05, 4.69) is 9.80 Å². The highest BCUT2D eigenvalue weighted by molar-refractivity contribution is 5.91. The van der Waals surface area contributed by atoms with Gasteiger partial charge in [0.25, 0.3) is 0 Å². The van der Waals surface area contributed by atoms with Crippen molar-refractivity contribution in [2.45, 2.75) is 38.2 Å². The van der Waals surface area contributed by atoms with E-state index < -0.39 is 5.97 Å². The van der Waals surface area contributed by atoms with Crippen LogP contribution >= 0.6 is 0 Å². The predicted molar refractivity (Wildman–Crippen MR) is 173 cm³/mol. The van der Waals surface area contributed by atoms with Crippen molar-refractivity contribution in [3.8, 4) is 28.7 Å². The first-order valence-corrected chi connectivity index (χ1v) is 16.1. The summed E-state index contributed by atoms with van der Waals surface area (Å²) in [5, 5.41) is 0. The van der Waals surface area contributed by atoms with E-state index in [4.69, 9.17) is 28.4 Å². The lowest BCUT2D eigenvalue weighted by Gasteiger charge is -2.24. The zero-order valence-electron chi connectivity index (χ0n) is 26.8. The van der Waals surface area contributed by atoms with Gasteiger partial charge in [0.2, 0.25) is 5.75 Å². The largest absolute Gasteiger partial charge is 0.493 e. The molecule has 2 aliphatic heterocycles. The second-order valence-corrected chi connectivity index (χ2v) is 11.5. The number of ether oxygens (including phenoxy) is 6. The Kier molecular flexibility index (Phi) is 12.1. The number of cyclic esters (lactones) is 1. The van der Waals surface area contributed by atoms with Crippen molar-refractivity contribution < 1.29 is 38.0 Å². The lowest BCUT2D eigenvalue weighted by molar-refractivity contribution is 0.0221. The molecule has 0 N–H and O–H groups in total. The number of fused-ring (bicyclic) bond motifs is 5. The summed E-state index contributed by atoms with van der Waals surface area (Å²) in [6.45, 7) is 6.21. The lowest BCUT2D eigenvalue weighted by atomic mass is 10.1. The number of methoxy groups -OCH3 is 2. The molecular weight excluding hydrogens is 588 g/mol. The SMILES string of the molecule is COc1cc2cc(c1OC)OCCCC(OC(=O)c1cccc(Oc3ccccc3)c1)CCN1CCCN(CCCOC2=O)CC1. The molecule has 0 aromatic heterocycles. The van der Waals surface area contributed by atoms with Gasteiger partial charge in [0.1, 0.15) is 17.6 Å². The van der Waals surface area contributed by atoms with Crippen LogP contribution in [0.5, 0.6) is 28.7 Å². The molecule has 10 nitrogen and oxygen atoms in total. The number of carbonyl (C=O) groups excluding carboxylic acids is 2. The molecule has 2 heterocycles. The van der Waals surface area contributed by atoms with E-state index in [0.29, 0.717) is 72.4 Å². The molecule has 10 heteroatoms. The molecule has 1 fully saturated rings. The van der Waals surface area contributed by atoms with Gasteiger partial charge in [-0.3, -0.25) is 0 Å². The van der Waals surface area contributed by atoms with Gasteiger partial charge >= 0.3 is 11.9 Å². The average Bonchev–Trinajstić information content (AvgIpc) is 3.32. The van der Waals surface area contributed by atoms with Crippen molar-refractivity contribution in [1.29, 1.82) is 0 Å². The van der Waals surface area contributed by atoms with Crippen LogP contribution in [0.4, 0.5) is 0 Å². The Labute approximate surface area is 271 Å². The minimum absolute atomic E-state index is 0.311. The summed E-state index contributed by atoms with van der Waals surface area (Å²) in [6, 6.07) is 19.8. The third kappa shape index (κ3) is 9.37. The summed E-state index contributed by atoms with van der Waals surface area (Å²) < 4.78 is 34.8. The fraction of sp³-hybridized carbons (Fsp3) is 0.444. The fourth-order valence-electron chi connectivity index (χ4n) is 5.77. The quantitative estimate of drug-likeness (QED) is 0.309. The highest BCUT2D eigenvalue weighted by Crippen LogP contribution is 2.39. The van der Waals surface area contributed by atoms with Gasteiger partial charge in [0.05, 0.1) is 38.6 Å². The van der Waals surface area contributed by atoms with Gasteiger partial charge in [-0.25, -0.2) is 9.59 Å². The van der Waals surface area contributed by atoms with E-state index in [0.717, 1.165) is 52.1 Å². The topological polar surface area (TPSA) is 96.0 Å². The first-order chi connectivity index (χ1) is 22.5. The van der Waals surface area contributed by atoms with Crippen molar-refractivity contribution >= 4 is 11.9 Å². The number of hydrogen-bond donors (Lipinski definition) is 0. The van der Waals surface area contributed by atoms with Gasteiger partial charge in [-0.1, -0.05) is 24.3 Å². The molecule has 3 aromatic rings. The van der Waals surface area contributed by atoms with Crippen molar-refractivity contribution in [2.75, 3.05) is 66.7 Å². The van der Waals surface area contributed by atoms with Crippen molar-refractivity contribution in [2.24, 2.45) is 0 Å². The molecule has 2 aliphatic rings. The van der Waals surface area contributed by atoms with Crippen LogP contribution in [-0.2, 0) is 9.47 Å². The minimum Gasteiger partial charge on any atom is -0.493 e. The molecule has 3 atom stereocenters. The van der Waals surface area contributed by atoms with Crippen LogP contribution in [0.3, 0.4) is 0 Å². The smallest absolute Gasteiger partial charge is 0.338 e. The van der Waals surface area contributed by atoms with Crippen LogP contribution in [0.25, 0.3) is 0 Å². The van der Waals surface area contributed by atoms with Crippen molar-refractivity contribution in [3.63, 3.8) is 0 Å². The van der Waals surface area contributed by atoms with Crippen LogP contribution in [0.2, 0.25) is 0 Å². The molecule has 0 saturated carbocycles. The Morgan fingerprint density at radius 3 is 2.26 bits per heavy atom. The number of nitrogens with zero attached hydrogens (tertiary/aromatic N) is 2. The number of hydrogen-bond acceptors (Lipinski definition) is 10. The lowest BCUT2D eigenvalue weighted by Crippen LogP contribution is -2.34. The second kappa shape index (κ2) is 16.9. The summed E-state index contributed by atoms with van der Waals surface area (Å²) in [5.74, 6) is 1.62. The third-order valence-corrected chi connectivity index (χ3v) is 8.23. The Morgan fingerprint density at radius 1 is 0.739 bits per heavy atom. The van der Waals surface area contributed by atoms with E-state index in [1.54, 1.807) is 30.3 Å². The van der Waals surface area contributed by atoms with E-state index >= 15 is 0 Å². The summed E-state index contributed by atoms with van der Waals surface area (Å²) in [6.07, 6.45) is 3.42. The Bertz CT molecular complexity index is 1430. The zero-order chi connectivity index (χ0) is 32.1. The van der Waals surface area contributed by atoms with Gasteiger partial charge in [-0.15, -0.1) is 0 Å². The molecule has 0 amide bonds. The van der Waals surface area contributed by atoms with Gasteiger partial charge in [-0.05, 0) is 87.7 Å². The number of rotatable bonds is 6. The molecule has 3 aromatic carbocycles. The highest BCUT2D eigenvalue weighted by Gasteiger charge is 2.22. The van der Waals surface area contributed by atoms with Crippen LogP contribution in [-0.4, -0.2) is 94.5 Å². The summed E-state index contributed by atoms with van der Waals surface area (Å²) >= 11 is 0. The molecule has 0 aliphatic carbocycles. The van der Waals surface area contributed by atoms with Gasteiger partial charge in [-0.2, -0.15) is 0 Å². The molecule has 1 saturated heterocycles. The molecule has 46 heavy (non-hydrogen) atoms. The minimum atomic E-state index is -0.434. The summed E-state index contributed by atoms with van der Waals surface area (Å²) in [4.78, 5) is 31.2. The van der Waals surface area contributed by atoms with E-state index in [9.17, 15) is 9.59 Å². The Balaban J connectivity index is 1.30. The molecule has 246 valence electrons. The van der Waals surface area contributed by atoms with Gasteiger partial charge < -0.3 is 38.2 Å². The van der Waals surface area contributed by atoms with Crippen LogP contribution in [0, 0.1) is 0 Å². The maximum Gasteiger partial charge on any atom is 0.338 e. The number of esters is 2. The number of benzene rings is 3. The molecule has 5 rings (SSSR count). The predicted octanol–water partition coefficient (Wildman–Crippen LogP) is 5.84. The van der Waals surface area contributed by atoms with E-state index in [-0.39, 0.29) is 12.1 Å². The maximum absolute atomic E-state index is 13.4. The Morgan fingerprint density at radius 2 is 1.48 bits per heavy atom. The van der Waals surface area contributed by atoms with E-state index in [1.807, 2.05) is 36.4 Å². The highest BCUT2D eigenvalue weighted by atomic mass is 16.5. The number of para-hydroxylation sites is 1. The fourth-order valence-corrected chi connectivity index (χ4v) is 5.77. The molecule has 3 unspecified atom stereocenters. The van der Waals surface area contributed by atoms with Crippen LogP contribution in [0.1, 0.15) is 52.8 Å². The normalized spacial score (nSPS) is 21.3. The van der Waals surface area contributed by atoms with Gasteiger partial charge in [0.15, 0.2) is 11.5 Å². The summed E-state index contributed by atoms with van der Waals surface area (Å²) in [5.41, 5.74) is 0.771. The van der Waals surface area contributed by atoms with Crippen molar-refractivity contribution in [3.05, 3.63) is 77.9 Å². The maximum atomic E-state index is 13.4. The average molecular weight is 633 g/mol. The Hall–Kier alpha value is -4.28. The second-order valence-electron chi connectivity index (χ2n) is 11.5. The van der Waals surface area contributed by atoms with Crippen molar-refractivity contribution in [1.82, 2.24) is 9.80 Å². The van der Waals surface area contributed by atoms with Gasteiger partial charge in [0, 0.05) is 26.2 Å². The summed E-state index contributed by atoms with van der Waals surface area (Å²) in [7, 11) is 3.05. The first-order valence-electron chi connectivity index (χ1n) is 16.1. The van der Waals surface area contributed by atoms with Crippen LogP contribution in [0.15, 0.2) is 66.7 Å². The molecular formula is C36H44N2O8. The van der Waals surface area contributed by atoms with E-state index in [1.165, 1.54) is 14.2 Å². The molecule has 0 radical (unpaired) electrons. The number of carbonyl (C=O) groups is 2. The molecule has 0 spiro atoms. The zero-order valence-corrected chi connectivity index (χ0v) is 26.8. The van der Waals surface area contributed by atoms with Crippen LogP contribution < -0.4 is 18.9 Å². The monoisotopic (exact) mass is 632 g/mol. The standard InChI is InChI=1S/C36H44N2O8/c1-41-32-25-28-26-33(34(32)42-2)43-22-7-14-30(15-19-38-17-8-16-37(20-21-38)18-9-23-44-35(28)39)46-36(40)27-10-6-13-31(24-27)45-29-11-4-3-5-12-29/h3-6,10-13,24-26,30H,7-9,14-23H2,1-2H3. The molecule has 4 bridgehead atoms. The third-order valence-electron chi connectivity index (χ3n) is 8.23. The first kappa shape index (κ1) is 33.1.